The van der Waals surface area contributed by atoms with Crippen LogP contribution < -0.4 is 0 Å². The molecule has 1 aromatic carbocycles. The first-order valence-corrected chi connectivity index (χ1v) is 8.61. The largest absolute Gasteiger partial charge is 0.375 e. The van der Waals surface area contributed by atoms with Gasteiger partial charge in [0.05, 0.1) is 6.20 Å². The summed E-state index contributed by atoms with van der Waals surface area (Å²) in [4.78, 5) is 25.1. The average Bonchev–Trinajstić information content (AvgIpc) is 3.18. The van der Waals surface area contributed by atoms with Gasteiger partial charge in [0.2, 0.25) is 0 Å². The molecule has 1 unspecified atom stereocenters. The van der Waals surface area contributed by atoms with E-state index in [0.29, 0.717) is 24.1 Å². The van der Waals surface area contributed by atoms with Crippen molar-refractivity contribution in [2.75, 3.05) is 0 Å². The molecule has 1 aliphatic rings. The van der Waals surface area contributed by atoms with Crippen molar-refractivity contribution in [3.05, 3.63) is 53.4 Å². The molecule has 7 heteroatoms. The molecule has 0 saturated heterocycles. The minimum absolute atomic E-state index is 0.0458. The van der Waals surface area contributed by atoms with E-state index in [9.17, 15) is 23.5 Å². The van der Waals surface area contributed by atoms with Gasteiger partial charge in [0.1, 0.15) is 11.6 Å². The van der Waals surface area contributed by atoms with Crippen molar-refractivity contribution in [2.45, 2.75) is 50.7 Å². The lowest BCUT2D eigenvalue weighted by Gasteiger charge is -2.19. The number of halogens is 2. The lowest BCUT2D eigenvalue weighted by atomic mass is 9.88. The Labute approximate surface area is 149 Å². The normalized spacial score (nSPS) is 22.8. The van der Waals surface area contributed by atoms with E-state index in [-0.39, 0.29) is 19.3 Å². The molecule has 1 fully saturated rings. The summed E-state index contributed by atoms with van der Waals surface area (Å²) >= 11 is 0. The van der Waals surface area contributed by atoms with Crippen LogP contribution in [-0.4, -0.2) is 32.1 Å². The van der Waals surface area contributed by atoms with Crippen molar-refractivity contribution in [1.82, 2.24) is 9.78 Å². The summed E-state index contributed by atoms with van der Waals surface area (Å²) in [5.41, 5.74) is -1.04. The van der Waals surface area contributed by atoms with Crippen molar-refractivity contribution in [3.8, 4) is 0 Å². The molecule has 2 aromatic rings. The van der Waals surface area contributed by atoms with E-state index >= 15 is 0 Å². The molecule has 26 heavy (non-hydrogen) atoms. The molecule has 1 aromatic heterocycles. The topological polar surface area (TPSA) is 72.2 Å². The Morgan fingerprint density at radius 2 is 2.04 bits per heavy atom. The molecule has 1 saturated carbocycles. The Kier molecular flexibility index (Phi) is 5.00. The van der Waals surface area contributed by atoms with Gasteiger partial charge in [-0.15, -0.1) is 0 Å². The summed E-state index contributed by atoms with van der Waals surface area (Å²) in [7, 11) is 0. The number of ketones is 2. The number of hydrogen-bond acceptors (Lipinski definition) is 4. The van der Waals surface area contributed by atoms with E-state index in [2.05, 4.69) is 5.10 Å². The SMILES string of the molecule is CCn1cc(C2CC[C@](O)(C(=O)CCc3cc(F)cc(F)c3)C2=O)cn1. The number of carbonyl (C=O) groups is 2. The zero-order chi connectivity index (χ0) is 18.9. The van der Waals surface area contributed by atoms with Gasteiger partial charge in [0.15, 0.2) is 17.2 Å². The number of aryl methyl sites for hydroxylation is 2. The Hall–Kier alpha value is -2.41. The number of carbonyl (C=O) groups excluding carboxylic acids is 2. The Balaban J connectivity index is 1.69. The van der Waals surface area contributed by atoms with Gasteiger partial charge in [-0.1, -0.05) is 0 Å². The zero-order valence-corrected chi connectivity index (χ0v) is 14.4. The van der Waals surface area contributed by atoms with Crippen LogP contribution in [-0.2, 0) is 22.6 Å². The van der Waals surface area contributed by atoms with E-state index in [0.717, 1.165) is 18.2 Å². The number of benzene rings is 1. The molecule has 3 rings (SSSR count). The van der Waals surface area contributed by atoms with Crippen molar-refractivity contribution < 1.29 is 23.5 Å². The molecule has 1 N–H and O–H groups in total. The van der Waals surface area contributed by atoms with Gasteiger partial charge in [-0.2, -0.15) is 5.10 Å². The van der Waals surface area contributed by atoms with Gasteiger partial charge in [0.25, 0.3) is 0 Å². The number of aliphatic hydroxyl groups is 1. The maximum absolute atomic E-state index is 13.2. The first-order chi connectivity index (χ1) is 12.3. The third-order valence-electron chi connectivity index (χ3n) is 4.92. The van der Waals surface area contributed by atoms with Crippen LogP contribution in [0.5, 0.6) is 0 Å². The highest BCUT2D eigenvalue weighted by atomic mass is 19.1. The molecule has 0 amide bonds. The van der Waals surface area contributed by atoms with Gasteiger partial charge in [0, 0.05) is 36.7 Å². The quantitative estimate of drug-likeness (QED) is 0.802. The highest BCUT2D eigenvalue weighted by Crippen LogP contribution is 2.39. The number of Topliss-reactive ketones (excluding diaryl/α,β-unsaturated/α-hetero) is 2. The van der Waals surface area contributed by atoms with E-state index in [1.54, 1.807) is 17.1 Å². The highest BCUT2D eigenvalue weighted by molar-refractivity contribution is 6.13. The van der Waals surface area contributed by atoms with Crippen LogP contribution in [0.15, 0.2) is 30.6 Å². The minimum atomic E-state index is -2.04. The second-order valence-corrected chi connectivity index (χ2v) is 6.65. The van der Waals surface area contributed by atoms with E-state index in [4.69, 9.17) is 0 Å². The Morgan fingerprint density at radius 1 is 1.35 bits per heavy atom. The molecule has 5 nitrogen and oxygen atoms in total. The van der Waals surface area contributed by atoms with Gasteiger partial charge in [-0.05, 0) is 43.9 Å². The summed E-state index contributed by atoms with van der Waals surface area (Å²) in [5.74, 6) is -3.15. The fourth-order valence-electron chi connectivity index (χ4n) is 3.44. The van der Waals surface area contributed by atoms with Crippen LogP contribution in [0.4, 0.5) is 8.78 Å². The third-order valence-corrected chi connectivity index (χ3v) is 4.92. The molecule has 1 heterocycles. The van der Waals surface area contributed by atoms with Crippen LogP contribution >= 0.6 is 0 Å². The lowest BCUT2D eigenvalue weighted by molar-refractivity contribution is -0.148. The molecule has 0 spiro atoms. The van der Waals surface area contributed by atoms with E-state index in [1.165, 1.54) is 0 Å². The second kappa shape index (κ2) is 7.07. The summed E-state index contributed by atoms with van der Waals surface area (Å²) < 4.78 is 28.1. The van der Waals surface area contributed by atoms with Crippen molar-refractivity contribution in [2.24, 2.45) is 0 Å². The Bertz CT molecular complexity index is 829. The second-order valence-electron chi connectivity index (χ2n) is 6.65. The predicted molar refractivity (Wildman–Crippen MR) is 89.5 cm³/mol. The maximum atomic E-state index is 13.2. The third kappa shape index (κ3) is 3.44. The number of nitrogens with zero attached hydrogens (tertiary/aromatic N) is 2. The predicted octanol–water partition coefficient (Wildman–Crippen LogP) is 2.56. The van der Waals surface area contributed by atoms with Gasteiger partial charge in [-0.3, -0.25) is 14.3 Å². The summed E-state index contributed by atoms with van der Waals surface area (Å²) in [6.45, 7) is 2.58. The molecule has 0 radical (unpaired) electrons. The van der Waals surface area contributed by atoms with E-state index in [1.807, 2.05) is 6.92 Å². The lowest BCUT2D eigenvalue weighted by Crippen LogP contribution is -2.44. The molecule has 138 valence electrons. The first kappa shape index (κ1) is 18.4. The van der Waals surface area contributed by atoms with Crippen LogP contribution in [0.2, 0.25) is 0 Å². The summed E-state index contributed by atoms with van der Waals surface area (Å²) in [5, 5.41) is 14.8. The summed E-state index contributed by atoms with van der Waals surface area (Å²) in [6, 6.07) is 3.03. The van der Waals surface area contributed by atoms with Crippen LogP contribution in [0.3, 0.4) is 0 Å². The van der Waals surface area contributed by atoms with Gasteiger partial charge in [-0.25, -0.2) is 8.78 Å². The molecule has 1 aliphatic carbocycles. The monoisotopic (exact) mass is 362 g/mol. The van der Waals surface area contributed by atoms with Gasteiger partial charge < -0.3 is 5.11 Å². The van der Waals surface area contributed by atoms with Crippen LogP contribution in [0, 0.1) is 11.6 Å². The molecule has 2 atom stereocenters. The zero-order valence-electron chi connectivity index (χ0n) is 14.4. The average molecular weight is 362 g/mol. The van der Waals surface area contributed by atoms with Crippen LogP contribution in [0.25, 0.3) is 0 Å². The van der Waals surface area contributed by atoms with E-state index < -0.39 is 34.7 Å². The van der Waals surface area contributed by atoms with Crippen molar-refractivity contribution >= 4 is 11.6 Å². The fourth-order valence-corrected chi connectivity index (χ4v) is 3.44. The maximum Gasteiger partial charge on any atom is 0.181 e. The summed E-state index contributed by atoms with van der Waals surface area (Å²) in [6.07, 6.45) is 3.63. The minimum Gasteiger partial charge on any atom is -0.375 e. The number of hydrogen-bond donors (Lipinski definition) is 1. The fraction of sp³-hybridized carbons (Fsp3) is 0.421. The smallest absolute Gasteiger partial charge is 0.181 e. The molecular weight excluding hydrogens is 342 g/mol. The number of rotatable bonds is 6. The molecular formula is C19H20F2N2O3. The molecule has 0 bridgehead atoms. The first-order valence-electron chi connectivity index (χ1n) is 8.61. The van der Waals surface area contributed by atoms with Crippen molar-refractivity contribution in [3.63, 3.8) is 0 Å². The van der Waals surface area contributed by atoms with Crippen LogP contribution in [0.1, 0.15) is 43.2 Å². The standard InChI is InChI=1S/C19H20F2N2O3/c1-2-23-11-13(10-22-23)16-5-6-19(26,18(16)25)17(24)4-3-12-7-14(20)9-15(21)8-12/h7-11,16,26H,2-6H2,1H3/t16?,19-/m0/s1. The van der Waals surface area contributed by atoms with Crippen molar-refractivity contribution in [1.29, 1.82) is 0 Å². The van der Waals surface area contributed by atoms with Gasteiger partial charge >= 0.3 is 0 Å². The highest BCUT2D eigenvalue weighted by Gasteiger charge is 2.51. The molecule has 0 aliphatic heterocycles. The number of aromatic nitrogens is 2. The Morgan fingerprint density at radius 3 is 2.65 bits per heavy atom.